The SMILES string of the molecule is CC.Cc1ccc(-c2ncc(C(=O)N(C)C)[nH]2)cc1. The van der Waals surface area contributed by atoms with Crippen molar-refractivity contribution in [2.24, 2.45) is 0 Å². The molecular formula is C15H21N3O. The number of hydrogen-bond acceptors (Lipinski definition) is 2. The van der Waals surface area contributed by atoms with E-state index in [0.717, 1.165) is 11.4 Å². The quantitative estimate of drug-likeness (QED) is 0.900. The second-order valence-electron chi connectivity index (χ2n) is 4.21. The van der Waals surface area contributed by atoms with E-state index in [-0.39, 0.29) is 5.91 Å². The molecule has 1 aromatic heterocycles. The van der Waals surface area contributed by atoms with E-state index in [1.165, 1.54) is 10.5 Å². The van der Waals surface area contributed by atoms with Crippen molar-refractivity contribution in [3.05, 3.63) is 41.7 Å². The van der Waals surface area contributed by atoms with Crippen LogP contribution in [0.2, 0.25) is 0 Å². The Morgan fingerprint density at radius 2 is 1.74 bits per heavy atom. The van der Waals surface area contributed by atoms with Gasteiger partial charge in [0.25, 0.3) is 5.91 Å². The Labute approximate surface area is 114 Å². The van der Waals surface area contributed by atoms with Crippen LogP contribution in [0.25, 0.3) is 11.4 Å². The fraction of sp³-hybridized carbons (Fsp3) is 0.333. The molecule has 4 heteroatoms. The Morgan fingerprint density at radius 3 is 2.26 bits per heavy atom. The van der Waals surface area contributed by atoms with E-state index in [1.54, 1.807) is 20.3 Å². The van der Waals surface area contributed by atoms with Crippen molar-refractivity contribution in [2.45, 2.75) is 20.8 Å². The number of amides is 1. The lowest BCUT2D eigenvalue weighted by Gasteiger charge is -2.07. The summed E-state index contributed by atoms with van der Waals surface area (Å²) in [5.74, 6) is 0.645. The zero-order valence-corrected chi connectivity index (χ0v) is 12.2. The van der Waals surface area contributed by atoms with Crippen LogP contribution in [0, 0.1) is 6.92 Å². The minimum absolute atomic E-state index is 0.0733. The van der Waals surface area contributed by atoms with Crippen LogP contribution in [0.4, 0.5) is 0 Å². The molecule has 0 saturated carbocycles. The van der Waals surface area contributed by atoms with Gasteiger partial charge in [-0.1, -0.05) is 43.7 Å². The molecular weight excluding hydrogens is 238 g/mol. The summed E-state index contributed by atoms with van der Waals surface area (Å²) in [6.45, 7) is 6.03. The molecule has 1 N–H and O–H groups in total. The molecule has 1 aromatic carbocycles. The first-order chi connectivity index (χ1) is 9.08. The lowest BCUT2D eigenvalue weighted by molar-refractivity contribution is 0.0822. The summed E-state index contributed by atoms with van der Waals surface area (Å²) in [7, 11) is 3.43. The maximum Gasteiger partial charge on any atom is 0.271 e. The van der Waals surface area contributed by atoms with E-state index in [0.29, 0.717) is 5.69 Å². The van der Waals surface area contributed by atoms with E-state index in [4.69, 9.17) is 0 Å². The lowest BCUT2D eigenvalue weighted by Crippen LogP contribution is -2.21. The second-order valence-corrected chi connectivity index (χ2v) is 4.21. The van der Waals surface area contributed by atoms with Crippen molar-refractivity contribution in [3.8, 4) is 11.4 Å². The molecule has 0 unspecified atom stereocenters. The number of nitrogens with zero attached hydrogens (tertiary/aromatic N) is 2. The van der Waals surface area contributed by atoms with E-state index in [2.05, 4.69) is 9.97 Å². The molecule has 19 heavy (non-hydrogen) atoms. The van der Waals surface area contributed by atoms with E-state index in [9.17, 15) is 4.79 Å². The number of carbonyl (C=O) groups is 1. The zero-order chi connectivity index (χ0) is 14.4. The number of imidazole rings is 1. The van der Waals surface area contributed by atoms with Gasteiger partial charge in [0.2, 0.25) is 0 Å². The fourth-order valence-electron chi connectivity index (χ4n) is 1.53. The van der Waals surface area contributed by atoms with Crippen molar-refractivity contribution < 1.29 is 4.79 Å². The highest BCUT2D eigenvalue weighted by atomic mass is 16.2. The first-order valence-electron chi connectivity index (χ1n) is 6.41. The number of aromatic amines is 1. The monoisotopic (exact) mass is 259 g/mol. The van der Waals surface area contributed by atoms with Crippen molar-refractivity contribution in [3.63, 3.8) is 0 Å². The lowest BCUT2D eigenvalue weighted by atomic mass is 10.1. The largest absolute Gasteiger partial charge is 0.343 e. The van der Waals surface area contributed by atoms with Crippen molar-refractivity contribution in [1.82, 2.24) is 14.9 Å². The fourth-order valence-corrected chi connectivity index (χ4v) is 1.53. The van der Waals surface area contributed by atoms with E-state index >= 15 is 0 Å². The van der Waals surface area contributed by atoms with Gasteiger partial charge < -0.3 is 9.88 Å². The zero-order valence-electron chi connectivity index (χ0n) is 12.2. The van der Waals surface area contributed by atoms with Gasteiger partial charge in [0.05, 0.1) is 6.20 Å². The Balaban J connectivity index is 0.000000861. The van der Waals surface area contributed by atoms with E-state index < -0.39 is 0 Å². The molecule has 1 amide bonds. The van der Waals surface area contributed by atoms with Crippen LogP contribution in [-0.4, -0.2) is 34.9 Å². The van der Waals surface area contributed by atoms with Crippen molar-refractivity contribution in [2.75, 3.05) is 14.1 Å². The summed E-state index contributed by atoms with van der Waals surface area (Å²) in [6, 6.07) is 8.01. The molecule has 0 aliphatic rings. The van der Waals surface area contributed by atoms with Gasteiger partial charge in [-0.2, -0.15) is 0 Å². The van der Waals surface area contributed by atoms with Gasteiger partial charge >= 0.3 is 0 Å². The predicted molar refractivity (Wildman–Crippen MR) is 78.1 cm³/mol. The number of aromatic nitrogens is 2. The molecule has 102 valence electrons. The standard InChI is InChI=1S/C13H15N3O.C2H6/c1-9-4-6-10(7-5-9)12-14-8-11(15-12)13(17)16(2)3;1-2/h4-8H,1-3H3,(H,14,15);1-2H3. The van der Waals surface area contributed by atoms with Crippen LogP contribution in [0.1, 0.15) is 29.9 Å². The normalized spacial score (nSPS) is 9.53. The highest BCUT2D eigenvalue weighted by Crippen LogP contribution is 2.16. The molecule has 0 aliphatic carbocycles. The second kappa shape index (κ2) is 6.73. The molecule has 1 heterocycles. The van der Waals surface area contributed by atoms with Crippen LogP contribution >= 0.6 is 0 Å². The summed E-state index contributed by atoms with van der Waals surface area (Å²) >= 11 is 0. The smallest absolute Gasteiger partial charge is 0.271 e. The van der Waals surface area contributed by atoms with Crippen LogP contribution in [-0.2, 0) is 0 Å². The molecule has 0 fully saturated rings. The number of aryl methyl sites for hydroxylation is 1. The summed E-state index contributed by atoms with van der Waals surface area (Å²) in [5, 5.41) is 0. The summed E-state index contributed by atoms with van der Waals surface area (Å²) in [4.78, 5) is 20.5. The van der Waals surface area contributed by atoms with Gasteiger partial charge in [-0.15, -0.1) is 0 Å². The van der Waals surface area contributed by atoms with Gasteiger partial charge in [0.15, 0.2) is 0 Å². The number of nitrogens with one attached hydrogen (secondary N) is 1. The molecule has 0 spiro atoms. The predicted octanol–water partition coefficient (Wildman–Crippen LogP) is 3.11. The van der Waals surface area contributed by atoms with Gasteiger partial charge in [0.1, 0.15) is 11.5 Å². The molecule has 0 atom stereocenters. The Morgan fingerprint density at radius 1 is 1.16 bits per heavy atom. The summed E-state index contributed by atoms with van der Waals surface area (Å²) in [5.41, 5.74) is 2.68. The Bertz CT molecular complexity index is 527. The first-order valence-corrected chi connectivity index (χ1v) is 6.41. The molecule has 0 bridgehead atoms. The molecule has 4 nitrogen and oxygen atoms in total. The minimum atomic E-state index is -0.0733. The number of carbonyl (C=O) groups excluding carboxylic acids is 1. The minimum Gasteiger partial charge on any atom is -0.343 e. The average molecular weight is 259 g/mol. The number of rotatable bonds is 2. The number of benzene rings is 1. The molecule has 0 radical (unpaired) electrons. The third kappa shape index (κ3) is 3.68. The maximum absolute atomic E-state index is 11.7. The molecule has 0 saturated heterocycles. The Kier molecular flexibility index (Phi) is 5.30. The van der Waals surface area contributed by atoms with Gasteiger partial charge in [-0.25, -0.2) is 4.98 Å². The number of H-pyrrole nitrogens is 1. The topological polar surface area (TPSA) is 49.0 Å². The van der Waals surface area contributed by atoms with Crippen molar-refractivity contribution >= 4 is 5.91 Å². The summed E-state index contributed by atoms with van der Waals surface area (Å²) < 4.78 is 0. The average Bonchev–Trinajstić information content (AvgIpc) is 2.90. The van der Waals surface area contributed by atoms with Gasteiger partial charge in [-0.3, -0.25) is 4.79 Å². The van der Waals surface area contributed by atoms with Crippen LogP contribution in [0.15, 0.2) is 30.5 Å². The highest BCUT2D eigenvalue weighted by Gasteiger charge is 2.11. The van der Waals surface area contributed by atoms with Crippen LogP contribution < -0.4 is 0 Å². The van der Waals surface area contributed by atoms with Gasteiger partial charge in [0, 0.05) is 19.7 Å². The van der Waals surface area contributed by atoms with Crippen molar-refractivity contribution in [1.29, 1.82) is 0 Å². The highest BCUT2D eigenvalue weighted by molar-refractivity contribution is 5.92. The molecule has 0 aliphatic heterocycles. The first kappa shape index (κ1) is 15.0. The molecule has 2 rings (SSSR count). The summed E-state index contributed by atoms with van der Waals surface area (Å²) in [6.07, 6.45) is 1.57. The van der Waals surface area contributed by atoms with Gasteiger partial charge in [-0.05, 0) is 6.92 Å². The molecule has 2 aromatic rings. The van der Waals surface area contributed by atoms with Crippen LogP contribution in [0.3, 0.4) is 0 Å². The third-order valence-electron chi connectivity index (χ3n) is 2.54. The van der Waals surface area contributed by atoms with Crippen LogP contribution in [0.5, 0.6) is 0 Å². The Hall–Kier alpha value is -2.10. The maximum atomic E-state index is 11.7. The number of hydrogen-bond donors (Lipinski definition) is 1. The third-order valence-corrected chi connectivity index (χ3v) is 2.54. The van der Waals surface area contributed by atoms with E-state index in [1.807, 2.05) is 45.0 Å².